The van der Waals surface area contributed by atoms with Crippen LogP contribution in [0.3, 0.4) is 0 Å². The lowest BCUT2D eigenvalue weighted by Gasteiger charge is -2.08. The van der Waals surface area contributed by atoms with Gasteiger partial charge < -0.3 is 10.2 Å². The zero-order chi connectivity index (χ0) is 10.0. The number of alkyl halides is 2. The van der Waals surface area contributed by atoms with E-state index in [9.17, 15) is 8.78 Å². The van der Waals surface area contributed by atoms with Crippen LogP contribution in [0, 0.1) is 0 Å². The van der Waals surface area contributed by atoms with Crippen LogP contribution in [0.2, 0.25) is 5.15 Å². The van der Waals surface area contributed by atoms with Gasteiger partial charge in [0.2, 0.25) is 0 Å². The van der Waals surface area contributed by atoms with E-state index >= 15 is 0 Å². The highest BCUT2D eigenvalue weighted by molar-refractivity contribution is 6.30. The van der Waals surface area contributed by atoms with Gasteiger partial charge in [-0.15, -0.1) is 0 Å². The van der Waals surface area contributed by atoms with Crippen LogP contribution in [0.15, 0.2) is 6.20 Å². The third kappa shape index (κ3) is 1.87. The molecule has 1 aromatic rings. The normalized spacial score (nSPS) is 10.8. The van der Waals surface area contributed by atoms with Crippen molar-refractivity contribution < 1.29 is 19.0 Å². The van der Waals surface area contributed by atoms with Crippen molar-refractivity contribution in [2.75, 3.05) is 0 Å². The minimum atomic E-state index is -2.89. The molecule has 6 heteroatoms. The van der Waals surface area contributed by atoms with E-state index in [1.54, 1.807) is 0 Å². The van der Waals surface area contributed by atoms with E-state index in [-0.39, 0.29) is 5.56 Å². The first-order chi connectivity index (χ1) is 6.07. The van der Waals surface area contributed by atoms with Gasteiger partial charge in [0.25, 0.3) is 6.43 Å². The average Bonchev–Trinajstić information content (AvgIpc) is 2.08. The molecule has 3 nitrogen and oxygen atoms in total. The van der Waals surface area contributed by atoms with Crippen LogP contribution in [0.4, 0.5) is 8.78 Å². The highest BCUT2D eigenvalue weighted by Gasteiger charge is 2.20. The van der Waals surface area contributed by atoms with Crippen molar-refractivity contribution in [2.45, 2.75) is 13.0 Å². The first-order valence-corrected chi connectivity index (χ1v) is 3.71. The molecule has 0 saturated heterocycles. The molecule has 0 aromatic carbocycles. The van der Waals surface area contributed by atoms with E-state index in [0.717, 1.165) is 6.20 Å². The Morgan fingerprint density at radius 2 is 2.15 bits per heavy atom. The second-order valence-electron chi connectivity index (χ2n) is 2.30. The number of halogens is 3. The number of aromatic nitrogens is 1. The Bertz CT molecular complexity index is 320. The molecule has 0 aliphatic carbocycles. The van der Waals surface area contributed by atoms with Crippen molar-refractivity contribution in [3.8, 4) is 5.75 Å². The zero-order valence-corrected chi connectivity index (χ0v) is 7.09. The van der Waals surface area contributed by atoms with Crippen LogP contribution in [0.5, 0.6) is 5.75 Å². The Hall–Kier alpha value is -0.940. The minimum absolute atomic E-state index is 0.128. The van der Waals surface area contributed by atoms with Crippen molar-refractivity contribution in [3.05, 3.63) is 22.5 Å². The van der Waals surface area contributed by atoms with E-state index in [1.807, 2.05) is 0 Å². The van der Waals surface area contributed by atoms with Gasteiger partial charge in [-0.3, -0.25) is 0 Å². The Labute approximate surface area is 77.6 Å². The maximum atomic E-state index is 12.3. The van der Waals surface area contributed by atoms with E-state index in [0.29, 0.717) is 0 Å². The lowest BCUT2D eigenvalue weighted by atomic mass is 10.1. The summed E-state index contributed by atoms with van der Waals surface area (Å²) in [4.78, 5) is 3.41. The molecule has 1 aromatic heterocycles. The molecule has 0 amide bonds. The quantitative estimate of drug-likeness (QED) is 0.731. The molecule has 0 saturated carbocycles. The number of aliphatic hydroxyl groups excluding tert-OH is 1. The molecule has 0 fully saturated rings. The predicted octanol–water partition coefficient (Wildman–Crippen LogP) is 1.87. The summed E-state index contributed by atoms with van der Waals surface area (Å²) in [6.45, 7) is -0.614. The number of aromatic hydroxyl groups is 1. The van der Waals surface area contributed by atoms with E-state index in [1.165, 1.54) is 0 Å². The number of aliphatic hydroxyl groups is 1. The molecule has 72 valence electrons. The highest BCUT2D eigenvalue weighted by Crippen LogP contribution is 2.35. The summed E-state index contributed by atoms with van der Waals surface area (Å²) in [7, 11) is 0. The van der Waals surface area contributed by atoms with Crippen molar-refractivity contribution in [1.82, 2.24) is 4.98 Å². The van der Waals surface area contributed by atoms with Crippen molar-refractivity contribution in [3.63, 3.8) is 0 Å². The molecule has 0 bridgehead atoms. The smallest absolute Gasteiger partial charge is 0.267 e. The molecular weight excluding hydrogens is 204 g/mol. The fourth-order valence-corrected chi connectivity index (χ4v) is 1.05. The Balaban J connectivity index is 3.32. The summed E-state index contributed by atoms with van der Waals surface area (Å²) in [6, 6.07) is 0. The maximum absolute atomic E-state index is 12.3. The van der Waals surface area contributed by atoms with Crippen LogP contribution in [-0.4, -0.2) is 15.2 Å². The van der Waals surface area contributed by atoms with Gasteiger partial charge in [-0.25, -0.2) is 13.8 Å². The summed E-state index contributed by atoms with van der Waals surface area (Å²) >= 11 is 5.31. The van der Waals surface area contributed by atoms with E-state index in [4.69, 9.17) is 21.8 Å². The molecule has 0 unspecified atom stereocenters. The topological polar surface area (TPSA) is 53.4 Å². The lowest BCUT2D eigenvalue weighted by Crippen LogP contribution is -1.97. The number of hydrogen-bond acceptors (Lipinski definition) is 3. The van der Waals surface area contributed by atoms with Gasteiger partial charge in [-0.05, 0) is 0 Å². The van der Waals surface area contributed by atoms with Gasteiger partial charge in [0.15, 0.2) is 10.9 Å². The third-order valence-corrected chi connectivity index (χ3v) is 1.80. The first-order valence-electron chi connectivity index (χ1n) is 3.33. The van der Waals surface area contributed by atoms with Crippen LogP contribution in [-0.2, 0) is 6.61 Å². The Kier molecular flexibility index (Phi) is 3.00. The molecule has 13 heavy (non-hydrogen) atoms. The summed E-state index contributed by atoms with van der Waals surface area (Å²) in [5.41, 5.74) is -0.792. The monoisotopic (exact) mass is 209 g/mol. The summed E-state index contributed by atoms with van der Waals surface area (Å²) < 4.78 is 24.6. The van der Waals surface area contributed by atoms with Crippen molar-refractivity contribution >= 4 is 11.6 Å². The second kappa shape index (κ2) is 3.85. The zero-order valence-electron chi connectivity index (χ0n) is 6.34. The van der Waals surface area contributed by atoms with Gasteiger partial charge in [0.05, 0.1) is 12.2 Å². The maximum Gasteiger partial charge on any atom is 0.267 e. The Morgan fingerprint density at radius 1 is 1.54 bits per heavy atom. The number of nitrogens with zero attached hydrogens (tertiary/aromatic N) is 1. The Morgan fingerprint density at radius 3 is 2.62 bits per heavy atom. The number of rotatable bonds is 2. The fourth-order valence-electron chi connectivity index (χ4n) is 0.898. The molecule has 0 radical (unpaired) electrons. The minimum Gasteiger partial charge on any atom is -0.504 e. The summed E-state index contributed by atoms with van der Waals surface area (Å²) in [6.07, 6.45) is -1.88. The molecule has 2 N–H and O–H groups in total. The number of hydrogen-bond donors (Lipinski definition) is 2. The van der Waals surface area contributed by atoms with Crippen LogP contribution < -0.4 is 0 Å². The van der Waals surface area contributed by atoms with Gasteiger partial charge in [0, 0.05) is 11.8 Å². The summed E-state index contributed by atoms with van der Waals surface area (Å²) in [5.74, 6) is -0.775. The SMILES string of the molecule is OCc1cnc(Cl)c(O)c1C(F)F. The first kappa shape index (κ1) is 10.1. The molecular formula is C7H6ClF2NO2. The largest absolute Gasteiger partial charge is 0.504 e. The van der Waals surface area contributed by atoms with Crippen LogP contribution >= 0.6 is 11.6 Å². The third-order valence-electron chi connectivity index (χ3n) is 1.52. The van der Waals surface area contributed by atoms with Gasteiger partial charge in [-0.2, -0.15) is 0 Å². The molecule has 1 heterocycles. The summed E-state index contributed by atoms with van der Waals surface area (Å²) in [5, 5.41) is 17.4. The van der Waals surface area contributed by atoms with Crippen LogP contribution in [0.25, 0.3) is 0 Å². The fraction of sp³-hybridized carbons (Fsp3) is 0.286. The predicted molar refractivity (Wildman–Crippen MR) is 41.8 cm³/mol. The molecule has 0 aliphatic heterocycles. The second-order valence-corrected chi connectivity index (χ2v) is 2.65. The van der Waals surface area contributed by atoms with Crippen molar-refractivity contribution in [2.24, 2.45) is 0 Å². The van der Waals surface area contributed by atoms with Gasteiger partial charge in [0.1, 0.15) is 0 Å². The number of pyridine rings is 1. The van der Waals surface area contributed by atoms with Gasteiger partial charge in [-0.1, -0.05) is 11.6 Å². The lowest BCUT2D eigenvalue weighted by molar-refractivity contribution is 0.143. The molecule has 1 rings (SSSR count). The highest BCUT2D eigenvalue weighted by atomic mass is 35.5. The molecule has 0 atom stereocenters. The van der Waals surface area contributed by atoms with Gasteiger partial charge >= 0.3 is 0 Å². The van der Waals surface area contributed by atoms with E-state index < -0.39 is 29.5 Å². The average molecular weight is 210 g/mol. The standard InChI is InChI=1S/C7H6ClF2NO2/c8-6-5(13)4(7(9)10)3(2-12)1-11-6/h1,7,12-13H,2H2. The molecule has 0 aliphatic rings. The molecule has 0 spiro atoms. The van der Waals surface area contributed by atoms with Crippen molar-refractivity contribution in [1.29, 1.82) is 0 Å². The van der Waals surface area contributed by atoms with Crippen LogP contribution in [0.1, 0.15) is 17.6 Å². The van der Waals surface area contributed by atoms with E-state index in [2.05, 4.69) is 4.98 Å².